The number of carbonyl (C=O) groups excluding carboxylic acids is 1. The molecule has 2 aromatic carbocycles. The van der Waals surface area contributed by atoms with Gasteiger partial charge in [-0.2, -0.15) is 0 Å². The third kappa shape index (κ3) is 4.21. The molecule has 6 heteroatoms. The summed E-state index contributed by atoms with van der Waals surface area (Å²) in [4.78, 5) is 12.3. The molecule has 0 aromatic heterocycles. The van der Waals surface area contributed by atoms with Crippen molar-refractivity contribution in [1.29, 1.82) is 0 Å². The van der Waals surface area contributed by atoms with E-state index in [0.717, 1.165) is 11.1 Å². The first-order chi connectivity index (χ1) is 11.2. The molecule has 0 unspecified atom stereocenters. The Morgan fingerprint density at radius 1 is 0.958 bits per heavy atom. The van der Waals surface area contributed by atoms with Crippen LogP contribution in [0, 0.1) is 27.7 Å². The van der Waals surface area contributed by atoms with Gasteiger partial charge in [-0.3, -0.25) is 4.79 Å². The third-order valence-electron chi connectivity index (χ3n) is 3.72. The highest BCUT2D eigenvalue weighted by Gasteiger charge is 2.20. The highest BCUT2D eigenvalue weighted by molar-refractivity contribution is 7.89. The minimum Gasteiger partial charge on any atom is -0.325 e. The Bertz CT molecular complexity index is 851. The molecule has 0 fully saturated rings. The smallest absolute Gasteiger partial charge is 0.241 e. The Balaban J connectivity index is 2.11. The zero-order valence-corrected chi connectivity index (χ0v) is 15.1. The molecular weight excluding hydrogens is 324 g/mol. The zero-order chi connectivity index (χ0) is 17.9. The van der Waals surface area contributed by atoms with Crippen molar-refractivity contribution in [2.45, 2.75) is 32.6 Å². The molecule has 0 atom stereocenters. The quantitative estimate of drug-likeness (QED) is 0.874. The van der Waals surface area contributed by atoms with E-state index in [1.807, 2.05) is 44.2 Å². The van der Waals surface area contributed by atoms with E-state index in [1.165, 1.54) is 0 Å². The van der Waals surface area contributed by atoms with E-state index in [2.05, 4.69) is 10.0 Å². The van der Waals surface area contributed by atoms with Crippen LogP contribution in [-0.2, 0) is 14.8 Å². The fourth-order valence-corrected chi connectivity index (χ4v) is 4.16. The Kier molecular flexibility index (Phi) is 5.41. The average Bonchev–Trinajstić information content (AvgIpc) is 2.46. The van der Waals surface area contributed by atoms with Crippen molar-refractivity contribution in [2.24, 2.45) is 0 Å². The number of amides is 1. The molecule has 24 heavy (non-hydrogen) atoms. The van der Waals surface area contributed by atoms with Crippen LogP contribution in [0.5, 0.6) is 0 Å². The summed E-state index contributed by atoms with van der Waals surface area (Å²) < 4.78 is 27.4. The van der Waals surface area contributed by atoms with Crippen LogP contribution in [0.2, 0.25) is 0 Å². The molecule has 0 bridgehead atoms. The second-order valence-electron chi connectivity index (χ2n) is 5.92. The molecule has 5 nitrogen and oxygen atoms in total. The van der Waals surface area contributed by atoms with E-state index in [4.69, 9.17) is 0 Å². The van der Waals surface area contributed by atoms with Gasteiger partial charge >= 0.3 is 0 Å². The maximum atomic E-state index is 12.5. The van der Waals surface area contributed by atoms with Crippen LogP contribution in [0.15, 0.2) is 41.3 Å². The molecule has 0 aliphatic rings. The number of aryl methyl sites for hydroxylation is 4. The van der Waals surface area contributed by atoms with Gasteiger partial charge in [0.05, 0.1) is 11.4 Å². The van der Waals surface area contributed by atoms with Crippen molar-refractivity contribution < 1.29 is 13.2 Å². The molecule has 0 radical (unpaired) electrons. The predicted octanol–water partition coefficient (Wildman–Crippen LogP) is 2.84. The fourth-order valence-electron chi connectivity index (χ4n) is 2.73. The van der Waals surface area contributed by atoms with Crippen molar-refractivity contribution in [3.05, 3.63) is 58.7 Å². The van der Waals surface area contributed by atoms with E-state index < -0.39 is 15.9 Å². The highest BCUT2D eigenvalue weighted by atomic mass is 32.2. The van der Waals surface area contributed by atoms with Crippen LogP contribution in [-0.4, -0.2) is 20.9 Å². The van der Waals surface area contributed by atoms with Crippen molar-refractivity contribution >= 4 is 21.6 Å². The van der Waals surface area contributed by atoms with Crippen LogP contribution < -0.4 is 10.0 Å². The Morgan fingerprint density at radius 2 is 1.54 bits per heavy atom. The van der Waals surface area contributed by atoms with Gasteiger partial charge in [0.25, 0.3) is 0 Å². The predicted molar refractivity (Wildman–Crippen MR) is 95.7 cm³/mol. The zero-order valence-electron chi connectivity index (χ0n) is 14.3. The summed E-state index contributed by atoms with van der Waals surface area (Å²) in [6.07, 6.45) is 0. The maximum Gasteiger partial charge on any atom is 0.241 e. The van der Waals surface area contributed by atoms with E-state index in [9.17, 15) is 13.2 Å². The van der Waals surface area contributed by atoms with Crippen molar-refractivity contribution in [2.75, 3.05) is 11.9 Å². The van der Waals surface area contributed by atoms with Crippen LogP contribution in [0.4, 0.5) is 5.69 Å². The molecule has 0 aliphatic heterocycles. The first-order valence-electron chi connectivity index (χ1n) is 7.63. The number of rotatable bonds is 5. The summed E-state index contributed by atoms with van der Waals surface area (Å²) in [5, 5.41) is 2.71. The summed E-state index contributed by atoms with van der Waals surface area (Å²) in [5.74, 6) is -0.407. The van der Waals surface area contributed by atoms with Crippen LogP contribution >= 0.6 is 0 Å². The number of sulfonamides is 1. The summed E-state index contributed by atoms with van der Waals surface area (Å²) >= 11 is 0. The molecule has 2 rings (SSSR count). The van der Waals surface area contributed by atoms with Crippen molar-refractivity contribution in [3.63, 3.8) is 0 Å². The van der Waals surface area contributed by atoms with Crippen LogP contribution in [0.3, 0.4) is 0 Å². The van der Waals surface area contributed by atoms with Crippen molar-refractivity contribution in [3.8, 4) is 0 Å². The molecule has 2 N–H and O–H groups in total. The second kappa shape index (κ2) is 7.15. The normalized spacial score (nSPS) is 11.3. The van der Waals surface area contributed by atoms with Gasteiger partial charge in [0.1, 0.15) is 0 Å². The highest BCUT2D eigenvalue weighted by Crippen LogP contribution is 2.21. The number of benzene rings is 2. The third-order valence-corrected chi connectivity index (χ3v) is 5.42. The van der Waals surface area contributed by atoms with E-state index in [-0.39, 0.29) is 11.4 Å². The number of anilines is 1. The van der Waals surface area contributed by atoms with Gasteiger partial charge in [0, 0.05) is 5.69 Å². The summed E-state index contributed by atoms with van der Waals surface area (Å²) in [6.45, 7) is 6.98. The minimum atomic E-state index is -3.75. The standard InChI is InChI=1S/C18H22N2O3S/c1-12-9-14(3)18(15(4)10-12)24(22,23)19-11-17(21)20-16-8-6-5-7-13(16)2/h5-10,19H,11H2,1-4H3,(H,20,21). The molecule has 2 aromatic rings. The molecule has 0 heterocycles. The maximum absolute atomic E-state index is 12.5. The number of hydrogen-bond donors (Lipinski definition) is 2. The van der Waals surface area contributed by atoms with E-state index in [0.29, 0.717) is 16.8 Å². The Hall–Kier alpha value is -2.18. The fraction of sp³-hybridized carbons (Fsp3) is 0.278. The molecule has 0 spiro atoms. The molecular formula is C18H22N2O3S. The average molecular weight is 346 g/mol. The van der Waals surface area contributed by atoms with Gasteiger partial charge in [-0.25, -0.2) is 13.1 Å². The van der Waals surface area contributed by atoms with Gasteiger partial charge in [-0.05, 0) is 50.5 Å². The second-order valence-corrected chi connectivity index (χ2v) is 7.62. The van der Waals surface area contributed by atoms with Gasteiger partial charge < -0.3 is 5.32 Å². The SMILES string of the molecule is Cc1cc(C)c(S(=O)(=O)NCC(=O)Nc2ccccc2C)c(C)c1. The van der Waals surface area contributed by atoms with E-state index >= 15 is 0 Å². The lowest BCUT2D eigenvalue weighted by Gasteiger charge is -2.13. The molecule has 0 saturated heterocycles. The molecule has 0 aliphatic carbocycles. The number of carbonyl (C=O) groups is 1. The van der Waals surface area contributed by atoms with Crippen LogP contribution in [0.1, 0.15) is 22.3 Å². The first-order valence-corrected chi connectivity index (χ1v) is 9.12. The lowest BCUT2D eigenvalue weighted by atomic mass is 10.1. The van der Waals surface area contributed by atoms with Crippen LogP contribution in [0.25, 0.3) is 0 Å². The largest absolute Gasteiger partial charge is 0.325 e. The van der Waals surface area contributed by atoms with Gasteiger partial charge in [-0.1, -0.05) is 35.9 Å². The summed E-state index contributed by atoms with van der Waals surface area (Å²) in [6, 6.07) is 11.0. The van der Waals surface area contributed by atoms with Gasteiger partial charge in [0.15, 0.2) is 0 Å². The molecule has 0 saturated carbocycles. The van der Waals surface area contributed by atoms with Gasteiger partial charge in [-0.15, -0.1) is 0 Å². The topological polar surface area (TPSA) is 75.3 Å². The summed E-state index contributed by atoms with van der Waals surface area (Å²) in [7, 11) is -3.75. The van der Waals surface area contributed by atoms with E-state index in [1.54, 1.807) is 19.9 Å². The Labute approximate surface area is 143 Å². The first kappa shape index (κ1) is 18.2. The Morgan fingerprint density at radius 3 is 2.12 bits per heavy atom. The number of para-hydroxylation sites is 1. The minimum absolute atomic E-state index is 0.233. The molecule has 1 amide bonds. The van der Waals surface area contributed by atoms with Gasteiger partial charge in [0.2, 0.25) is 15.9 Å². The lowest BCUT2D eigenvalue weighted by Crippen LogP contribution is -2.33. The molecule has 128 valence electrons. The number of nitrogens with one attached hydrogen (secondary N) is 2. The van der Waals surface area contributed by atoms with Crippen molar-refractivity contribution in [1.82, 2.24) is 4.72 Å². The monoisotopic (exact) mass is 346 g/mol. The summed E-state index contributed by atoms with van der Waals surface area (Å²) in [5.41, 5.74) is 3.92. The number of hydrogen-bond acceptors (Lipinski definition) is 3. The lowest BCUT2D eigenvalue weighted by molar-refractivity contribution is -0.115.